The smallest absolute Gasteiger partial charge is 0.154 e. The molecule has 1 N–H and O–H groups in total. The Kier molecular flexibility index (Phi) is 3.12. The van der Waals surface area contributed by atoms with Crippen molar-refractivity contribution in [2.75, 3.05) is 7.11 Å². The largest absolute Gasteiger partial charge is 0.507 e. The van der Waals surface area contributed by atoms with E-state index >= 15 is 0 Å². The van der Waals surface area contributed by atoms with Gasteiger partial charge in [-0.1, -0.05) is 13.8 Å². The van der Waals surface area contributed by atoms with Crippen LogP contribution in [0.3, 0.4) is 0 Å². The highest BCUT2D eigenvalue weighted by molar-refractivity contribution is 5.82. The van der Waals surface area contributed by atoms with E-state index in [0.717, 1.165) is 5.56 Å². The van der Waals surface area contributed by atoms with E-state index < -0.39 is 0 Å². The molecule has 0 aromatic heterocycles. The number of methoxy groups -OCH3 is 1. The van der Waals surface area contributed by atoms with Crippen molar-refractivity contribution in [3.63, 3.8) is 0 Å². The van der Waals surface area contributed by atoms with Crippen molar-refractivity contribution in [3.8, 4) is 11.5 Å². The van der Waals surface area contributed by atoms with Gasteiger partial charge in [-0.25, -0.2) is 0 Å². The molecule has 0 bridgehead atoms. The van der Waals surface area contributed by atoms with Crippen LogP contribution in [0.25, 0.3) is 0 Å². The Balaban J connectivity index is 3.35. The minimum Gasteiger partial charge on any atom is -0.507 e. The van der Waals surface area contributed by atoms with Crippen molar-refractivity contribution in [1.82, 2.24) is 0 Å². The van der Waals surface area contributed by atoms with Crippen LogP contribution in [0.5, 0.6) is 11.5 Å². The predicted octanol–water partition coefficient (Wildman–Crippen LogP) is 2.34. The summed E-state index contributed by atoms with van der Waals surface area (Å²) in [6, 6.07) is 3.21. The van der Waals surface area contributed by atoms with Gasteiger partial charge in [0.1, 0.15) is 11.5 Å². The molecule has 1 aromatic rings. The summed E-state index contributed by atoms with van der Waals surface area (Å²) in [4.78, 5) is 10.8. The minimum atomic E-state index is -0.0250. The van der Waals surface area contributed by atoms with Gasteiger partial charge in [0.25, 0.3) is 0 Å². The van der Waals surface area contributed by atoms with E-state index in [9.17, 15) is 9.90 Å². The van der Waals surface area contributed by atoms with E-state index in [1.807, 2.05) is 13.8 Å². The Morgan fingerprint density at radius 1 is 1.43 bits per heavy atom. The Hall–Kier alpha value is -1.51. The molecule has 3 nitrogen and oxygen atoms in total. The van der Waals surface area contributed by atoms with Crippen molar-refractivity contribution in [2.45, 2.75) is 19.8 Å². The Morgan fingerprint density at radius 2 is 2.07 bits per heavy atom. The van der Waals surface area contributed by atoms with E-state index in [2.05, 4.69) is 0 Å². The molecule has 0 heterocycles. The minimum absolute atomic E-state index is 0.0250. The van der Waals surface area contributed by atoms with Gasteiger partial charge in [0.15, 0.2) is 6.29 Å². The molecule has 0 aliphatic rings. The first-order valence-electron chi connectivity index (χ1n) is 4.46. The maximum absolute atomic E-state index is 10.8. The highest BCUT2D eigenvalue weighted by Crippen LogP contribution is 2.30. The highest BCUT2D eigenvalue weighted by Gasteiger charge is 2.12. The van der Waals surface area contributed by atoms with E-state index in [1.54, 1.807) is 6.07 Å². The van der Waals surface area contributed by atoms with Crippen LogP contribution in [0.4, 0.5) is 0 Å². The molecule has 0 amide bonds. The second-order valence-electron chi connectivity index (χ2n) is 3.42. The van der Waals surface area contributed by atoms with Crippen LogP contribution in [0.15, 0.2) is 12.1 Å². The molecule has 14 heavy (non-hydrogen) atoms. The monoisotopic (exact) mass is 194 g/mol. The van der Waals surface area contributed by atoms with Crippen molar-refractivity contribution in [1.29, 1.82) is 0 Å². The molecule has 0 unspecified atom stereocenters. The summed E-state index contributed by atoms with van der Waals surface area (Å²) in [6.45, 7) is 3.92. The lowest BCUT2D eigenvalue weighted by molar-refractivity contribution is 0.111. The number of carbonyl (C=O) groups excluding carboxylic acids is 1. The fraction of sp³-hybridized carbons (Fsp3) is 0.364. The first-order valence-corrected chi connectivity index (χ1v) is 4.46. The number of aromatic hydroxyl groups is 1. The molecular formula is C11H14O3. The molecule has 0 radical (unpaired) electrons. The zero-order valence-corrected chi connectivity index (χ0v) is 8.57. The van der Waals surface area contributed by atoms with Gasteiger partial charge in [0.2, 0.25) is 0 Å². The number of aldehydes is 1. The standard InChI is InChI=1S/C11H14O3/c1-7(2)9-4-8(14-3)5-11(13)10(9)6-12/h4-7,13H,1-3H3. The van der Waals surface area contributed by atoms with Gasteiger partial charge in [-0.05, 0) is 17.5 Å². The van der Waals surface area contributed by atoms with Crippen molar-refractivity contribution >= 4 is 6.29 Å². The summed E-state index contributed by atoms with van der Waals surface area (Å²) in [6.07, 6.45) is 0.671. The molecule has 0 fully saturated rings. The molecule has 0 saturated carbocycles. The van der Waals surface area contributed by atoms with Gasteiger partial charge in [0.05, 0.1) is 12.7 Å². The summed E-state index contributed by atoms with van der Waals surface area (Å²) in [5.41, 5.74) is 1.15. The number of ether oxygens (including phenoxy) is 1. The zero-order valence-electron chi connectivity index (χ0n) is 8.57. The first-order chi connectivity index (χ1) is 6.60. The molecule has 0 spiro atoms. The normalized spacial score (nSPS) is 10.3. The van der Waals surface area contributed by atoms with Crippen molar-refractivity contribution in [2.24, 2.45) is 0 Å². The summed E-state index contributed by atoms with van der Waals surface area (Å²) in [5.74, 6) is 0.719. The third-order valence-electron chi connectivity index (χ3n) is 2.14. The number of benzene rings is 1. The lowest BCUT2D eigenvalue weighted by Gasteiger charge is -2.12. The van der Waals surface area contributed by atoms with E-state index in [1.165, 1.54) is 13.2 Å². The second-order valence-corrected chi connectivity index (χ2v) is 3.42. The molecule has 0 aliphatic carbocycles. The summed E-state index contributed by atoms with van der Waals surface area (Å²) >= 11 is 0. The van der Waals surface area contributed by atoms with Crippen LogP contribution in [-0.4, -0.2) is 18.5 Å². The van der Waals surface area contributed by atoms with Gasteiger partial charge in [-0.3, -0.25) is 4.79 Å². The lowest BCUT2D eigenvalue weighted by atomic mass is 9.97. The SMILES string of the molecule is COc1cc(O)c(C=O)c(C(C)C)c1. The van der Waals surface area contributed by atoms with Gasteiger partial charge in [-0.15, -0.1) is 0 Å². The van der Waals surface area contributed by atoms with Crippen LogP contribution >= 0.6 is 0 Å². The lowest BCUT2D eigenvalue weighted by Crippen LogP contribution is -1.97. The fourth-order valence-corrected chi connectivity index (χ4v) is 1.36. The van der Waals surface area contributed by atoms with Crippen LogP contribution in [-0.2, 0) is 0 Å². The average molecular weight is 194 g/mol. The molecule has 0 saturated heterocycles. The number of carbonyl (C=O) groups is 1. The van der Waals surface area contributed by atoms with Gasteiger partial charge >= 0.3 is 0 Å². The topological polar surface area (TPSA) is 46.5 Å². The van der Waals surface area contributed by atoms with Crippen molar-refractivity contribution in [3.05, 3.63) is 23.3 Å². The zero-order chi connectivity index (χ0) is 10.7. The van der Waals surface area contributed by atoms with Crippen molar-refractivity contribution < 1.29 is 14.6 Å². The van der Waals surface area contributed by atoms with E-state index in [0.29, 0.717) is 17.6 Å². The van der Waals surface area contributed by atoms with E-state index in [4.69, 9.17) is 4.74 Å². The summed E-state index contributed by atoms with van der Waals surface area (Å²) in [7, 11) is 1.53. The number of hydrogen-bond donors (Lipinski definition) is 1. The molecule has 1 aromatic carbocycles. The predicted molar refractivity (Wildman–Crippen MR) is 54.1 cm³/mol. The van der Waals surface area contributed by atoms with Crippen LogP contribution < -0.4 is 4.74 Å². The van der Waals surface area contributed by atoms with Gasteiger partial charge in [0, 0.05) is 6.07 Å². The molecule has 0 atom stereocenters. The third-order valence-corrected chi connectivity index (χ3v) is 2.14. The fourth-order valence-electron chi connectivity index (χ4n) is 1.36. The molecule has 76 valence electrons. The average Bonchev–Trinajstić information content (AvgIpc) is 2.16. The van der Waals surface area contributed by atoms with E-state index in [-0.39, 0.29) is 11.7 Å². The Morgan fingerprint density at radius 3 is 2.50 bits per heavy atom. The number of rotatable bonds is 3. The molecule has 3 heteroatoms. The Bertz CT molecular complexity index is 343. The molecule has 1 rings (SSSR count). The van der Waals surface area contributed by atoms with Crippen LogP contribution in [0.1, 0.15) is 35.7 Å². The van der Waals surface area contributed by atoms with Crippen LogP contribution in [0, 0.1) is 0 Å². The maximum Gasteiger partial charge on any atom is 0.154 e. The molecular weight excluding hydrogens is 180 g/mol. The first kappa shape index (κ1) is 10.6. The molecule has 0 aliphatic heterocycles. The van der Waals surface area contributed by atoms with Gasteiger partial charge in [-0.2, -0.15) is 0 Å². The third kappa shape index (κ3) is 1.87. The summed E-state index contributed by atoms with van der Waals surface area (Å²) < 4.78 is 5.01. The van der Waals surface area contributed by atoms with Gasteiger partial charge < -0.3 is 9.84 Å². The second kappa shape index (κ2) is 4.13. The quantitative estimate of drug-likeness (QED) is 0.751. The number of phenols is 1. The Labute approximate surface area is 83.3 Å². The van der Waals surface area contributed by atoms with Crippen LogP contribution in [0.2, 0.25) is 0 Å². The summed E-state index contributed by atoms with van der Waals surface area (Å²) in [5, 5.41) is 9.54. The number of hydrogen-bond acceptors (Lipinski definition) is 3. The highest BCUT2D eigenvalue weighted by atomic mass is 16.5. The maximum atomic E-state index is 10.8. The number of phenolic OH excluding ortho intramolecular Hbond substituents is 1.